The van der Waals surface area contributed by atoms with E-state index in [2.05, 4.69) is 15.9 Å². The number of rotatable bonds is 4. The molecule has 0 bridgehead atoms. The average molecular weight is 427 g/mol. The molecule has 4 rings (SSSR count). The topological polar surface area (TPSA) is 53.8 Å². The number of amides is 1. The maximum absolute atomic E-state index is 13.2. The Hall–Kier alpha value is -2.44. The van der Waals surface area contributed by atoms with Crippen molar-refractivity contribution in [2.75, 3.05) is 27.2 Å². The molecule has 1 unspecified atom stereocenters. The van der Waals surface area contributed by atoms with Crippen molar-refractivity contribution in [2.45, 2.75) is 6.04 Å². The molecule has 0 aliphatic carbocycles. The first-order chi connectivity index (χ1) is 13.0. The number of likely N-dealkylation sites (N-methyl/N-ethyl adjacent to an activating group) is 1. The second-order valence-electron chi connectivity index (χ2n) is 6.93. The third-order valence-electron chi connectivity index (χ3n) is 4.85. The van der Waals surface area contributed by atoms with Crippen LogP contribution in [-0.2, 0) is 0 Å². The van der Waals surface area contributed by atoms with Gasteiger partial charge >= 0.3 is 0 Å². The molecule has 0 saturated carbocycles. The lowest BCUT2D eigenvalue weighted by atomic mass is 9.98. The standard InChI is InChI=1S/C21H19BrN2O3/c1-23(2)11-12-24-18(13-7-9-14(22)10-8-13)17-19(25)15-5-3-4-6-16(15)27-20(17)21(24)26/h3-10,18H,11-12H2,1-2H3. The normalized spacial score (nSPS) is 16.4. The zero-order valence-corrected chi connectivity index (χ0v) is 16.7. The molecule has 1 atom stereocenters. The first kappa shape index (κ1) is 17.9. The molecule has 1 amide bonds. The second-order valence-corrected chi connectivity index (χ2v) is 7.84. The predicted octanol–water partition coefficient (Wildman–Crippen LogP) is 3.66. The Bertz CT molecular complexity index is 1070. The van der Waals surface area contributed by atoms with Crippen molar-refractivity contribution in [3.05, 3.63) is 80.1 Å². The third-order valence-corrected chi connectivity index (χ3v) is 5.38. The molecule has 0 saturated heterocycles. The lowest BCUT2D eigenvalue weighted by molar-refractivity contribution is 0.0716. The van der Waals surface area contributed by atoms with E-state index in [0.29, 0.717) is 29.6 Å². The van der Waals surface area contributed by atoms with Crippen LogP contribution in [0, 0.1) is 0 Å². The van der Waals surface area contributed by atoms with E-state index in [1.54, 1.807) is 29.2 Å². The van der Waals surface area contributed by atoms with Crippen molar-refractivity contribution < 1.29 is 9.21 Å². The van der Waals surface area contributed by atoms with Crippen molar-refractivity contribution in [1.29, 1.82) is 0 Å². The van der Waals surface area contributed by atoms with Crippen LogP contribution in [0.3, 0.4) is 0 Å². The SMILES string of the molecule is CN(C)CCN1C(=O)c2oc3ccccc3c(=O)c2C1c1ccc(Br)cc1. The number of benzene rings is 2. The molecule has 5 nitrogen and oxygen atoms in total. The van der Waals surface area contributed by atoms with E-state index in [1.165, 1.54) is 0 Å². The minimum Gasteiger partial charge on any atom is -0.450 e. The first-order valence-electron chi connectivity index (χ1n) is 8.74. The number of hydrogen-bond acceptors (Lipinski definition) is 4. The molecule has 2 aromatic carbocycles. The van der Waals surface area contributed by atoms with E-state index < -0.39 is 6.04 Å². The quantitative estimate of drug-likeness (QED) is 0.638. The molecule has 2 heterocycles. The molecule has 3 aromatic rings. The van der Waals surface area contributed by atoms with E-state index >= 15 is 0 Å². The highest BCUT2D eigenvalue weighted by Crippen LogP contribution is 2.38. The van der Waals surface area contributed by atoms with E-state index in [0.717, 1.165) is 10.0 Å². The van der Waals surface area contributed by atoms with Crippen LogP contribution in [0.2, 0.25) is 0 Å². The van der Waals surface area contributed by atoms with E-state index in [1.807, 2.05) is 43.3 Å². The Morgan fingerprint density at radius 3 is 2.48 bits per heavy atom. The van der Waals surface area contributed by atoms with Gasteiger partial charge in [0.2, 0.25) is 5.76 Å². The monoisotopic (exact) mass is 426 g/mol. The highest BCUT2D eigenvalue weighted by Gasteiger charge is 2.42. The van der Waals surface area contributed by atoms with Crippen molar-refractivity contribution in [2.24, 2.45) is 0 Å². The number of nitrogens with zero attached hydrogens (tertiary/aromatic N) is 2. The second kappa shape index (κ2) is 6.94. The molecule has 138 valence electrons. The van der Waals surface area contributed by atoms with Crippen molar-refractivity contribution in [3.63, 3.8) is 0 Å². The maximum Gasteiger partial charge on any atom is 0.290 e. The molecule has 1 aliphatic heterocycles. The number of fused-ring (bicyclic) bond motifs is 2. The summed E-state index contributed by atoms with van der Waals surface area (Å²) in [5.41, 5.74) is 1.63. The lowest BCUT2D eigenvalue weighted by Gasteiger charge is -2.26. The highest BCUT2D eigenvalue weighted by molar-refractivity contribution is 9.10. The Morgan fingerprint density at radius 2 is 1.78 bits per heavy atom. The van der Waals surface area contributed by atoms with Gasteiger partial charge in [-0.25, -0.2) is 0 Å². The van der Waals surface area contributed by atoms with Crippen LogP contribution in [0.4, 0.5) is 0 Å². The molecule has 0 fully saturated rings. The molecule has 1 aromatic heterocycles. The van der Waals surface area contributed by atoms with Gasteiger partial charge in [0.25, 0.3) is 5.91 Å². The fourth-order valence-electron chi connectivity index (χ4n) is 3.50. The zero-order valence-electron chi connectivity index (χ0n) is 15.1. The number of hydrogen-bond donors (Lipinski definition) is 0. The summed E-state index contributed by atoms with van der Waals surface area (Å²) in [7, 11) is 3.92. The number of para-hydroxylation sites is 1. The van der Waals surface area contributed by atoms with Gasteiger partial charge in [-0.3, -0.25) is 9.59 Å². The summed E-state index contributed by atoms with van der Waals surface area (Å²) >= 11 is 3.44. The predicted molar refractivity (Wildman–Crippen MR) is 108 cm³/mol. The summed E-state index contributed by atoms with van der Waals surface area (Å²) in [5, 5.41) is 0.501. The van der Waals surface area contributed by atoms with Crippen LogP contribution in [0.25, 0.3) is 11.0 Å². The Labute approximate surface area is 165 Å². The van der Waals surface area contributed by atoms with Crippen LogP contribution in [0.15, 0.2) is 62.2 Å². The summed E-state index contributed by atoms with van der Waals surface area (Å²) in [5.74, 6) is -0.0759. The van der Waals surface area contributed by atoms with Gasteiger partial charge in [-0.1, -0.05) is 40.2 Å². The number of carbonyl (C=O) groups is 1. The van der Waals surface area contributed by atoms with Gasteiger partial charge in [0, 0.05) is 17.6 Å². The van der Waals surface area contributed by atoms with Crippen molar-refractivity contribution in [1.82, 2.24) is 9.80 Å². The van der Waals surface area contributed by atoms with Crippen LogP contribution in [0.5, 0.6) is 0 Å². The largest absolute Gasteiger partial charge is 0.450 e. The van der Waals surface area contributed by atoms with Crippen molar-refractivity contribution in [3.8, 4) is 0 Å². The van der Waals surface area contributed by atoms with Gasteiger partial charge in [0.05, 0.1) is 17.0 Å². The van der Waals surface area contributed by atoms with E-state index in [9.17, 15) is 9.59 Å². The highest BCUT2D eigenvalue weighted by atomic mass is 79.9. The number of carbonyl (C=O) groups excluding carboxylic acids is 1. The smallest absolute Gasteiger partial charge is 0.290 e. The van der Waals surface area contributed by atoms with Gasteiger partial charge in [0.1, 0.15) is 5.58 Å². The van der Waals surface area contributed by atoms with Crippen LogP contribution < -0.4 is 5.43 Å². The summed E-state index contributed by atoms with van der Waals surface area (Å²) in [6.45, 7) is 1.20. The first-order valence-corrected chi connectivity index (χ1v) is 9.53. The molecule has 0 N–H and O–H groups in total. The van der Waals surface area contributed by atoms with E-state index in [-0.39, 0.29) is 17.1 Å². The van der Waals surface area contributed by atoms with Gasteiger partial charge in [-0.05, 0) is 43.9 Å². The van der Waals surface area contributed by atoms with Crippen LogP contribution in [-0.4, -0.2) is 42.9 Å². The molecule has 6 heteroatoms. The average Bonchev–Trinajstić information content (AvgIpc) is 2.93. The minimum absolute atomic E-state index is 0.138. The Balaban J connectivity index is 1.93. The molecule has 0 spiro atoms. The fourth-order valence-corrected chi connectivity index (χ4v) is 3.76. The molecular weight excluding hydrogens is 408 g/mol. The zero-order chi connectivity index (χ0) is 19.1. The third kappa shape index (κ3) is 3.09. The Morgan fingerprint density at radius 1 is 1.07 bits per heavy atom. The van der Waals surface area contributed by atoms with E-state index in [4.69, 9.17) is 4.42 Å². The fraction of sp³-hybridized carbons (Fsp3) is 0.238. The molecular formula is C21H19BrN2O3. The van der Waals surface area contributed by atoms with Gasteiger partial charge in [-0.2, -0.15) is 0 Å². The number of halogens is 1. The van der Waals surface area contributed by atoms with Gasteiger partial charge in [0.15, 0.2) is 5.43 Å². The summed E-state index contributed by atoms with van der Waals surface area (Å²) in [6, 6.07) is 14.3. The maximum atomic E-state index is 13.2. The van der Waals surface area contributed by atoms with Crippen LogP contribution in [0.1, 0.15) is 27.7 Å². The molecule has 27 heavy (non-hydrogen) atoms. The summed E-state index contributed by atoms with van der Waals surface area (Å²) in [4.78, 5) is 30.1. The summed E-state index contributed by atoms with van der Waals surface area (Å²) in [6.07, 6.45) is 0. The lowest BCUT2D eigenvalue weighted by Crippen LogP contribution is -2.35. The van der Waals surface area contributed by atoms with Crippen molar-refractivity contribution >= 4 is 32.8 Å². The van der Waals surface area contributed by atoms with Gasteiger partial charge < -0.3 is 14.2 Å². The summed E-state index contributed by atoms with van der Waals surface area (Å²) < 4.78 is 6.84. The van der Waals surface area contributed by atoms with Crippen LogP contribution >= 0.6 is 15.9 Å². The molecule has 0 radical (unpaired) electrons. The van der Waals surface area contributed by atoms with Gasteiger partial charge in [-0.15, -0.1) is 0 Å². The molecule has 1 aliphatic rings. The Kier molecular flexibility index (Phi) is 4.61. The minimum atomic E-state index is -0.443.